The van der Waals surface area contributed by atoms with E-state index in [-0.39, 0.29) is 0 Å². The first-order valence-corrected chi connectivity index (χ1v) is 10.1. The zero-order valence-corrected chi connectivity index (χ0v) is 12.9. The van der Waals surface area contributed by atoms with E-state index in [1.54, 1.807) is 0 Å². The van der Waals surface area contributed by atoms with E-state index in [2.05, 4.69) is 15.8 Å². The van der Waals surface area contributed by atoms with Gasteiger partial charge in [0, 0.05) is 0 Å². The van der Waals surface area contributed by atoms with Crippen LogP contribution in [0.2, 0.25) is 0 Å². The number of hydrogen-bond donors (Lipinski definition) is 0. The standard InChI is InChI=1S/3C2H2F3O.C2H3.Sn/c3*3-2(4,5)1-6;1-2;/h3*1H2;1H,2H2;/q3*-1;;+3. The molecule has 0 unspecified atom stereocenters. The summed E-state index contributed by atoms with van der Waals surface area (Å²) >= 11 is -5.85. The van der Waals surface area contributed by atoms with E-state index in [0.29, 0.717) is 4.09 Å². The predicted octanol–water partition coefficient (Wildman–Crippen LogP) is 3.39. The summed E-state index contributed by atoms with van der Waals surface area (Å²) in [6.07, 6.45) is -14.9. The minimum absolute atomic E-state index is 0.331. The van der Waals surface area contributed by atoms with Crippen molar-refractivity contribution in [3.8, 4) is 0 Å². The van der Waals surface area contributed by atoms with E-state index < -0.39 is 58.0 Å². The van der Waals surface area contributed by atoms with E-state index >= 15 is 0 Å². The van der Waals surface area contributed by atoms with Crippen molar-refractivity contribution in [2.45, 2.75) is 18.5 Å². The predicted molar refractivity (Wildman–Crippen MR) is 52.0 cm³/mol. The van der Waals surface area contributed by atoms with Crippen molar-refractivity contribution in [1.29, 1.82) is 0 Å². The Morgan fingerprint density at radius 2 is 0.905 bits per heavy atom. The molecule has 126 valence electrons. The fraction of sp³-hybridized carbons (Fsp3) is 0.750. The van der Waals surface area contributed by atoms with Gasteiger partial charge in [-0.15, -0.1) is 0 Å². The Kier molecular flexibility index (Phi) is 7.30. The van der Waals surface area contributed by atoms with Gasteiger partial charge in [-0.1, -0.05) is 0 Å². The van der Waals surface area contributed by atoms with E-state index in [1.165, 1.54) is 0 Å². The molecular formula is C8H9F9O3Sn. The van der Waals surface area contributed by atoms with Gasteiger partial charge in [-0.05, 0) is 0 Å². The van der Waals surface area contributed by atoms with Crippen molar-refractivity contribution in [2.75, 3.05) is 19.8 Å². The molecule has 0 aromatic rings. The molecule has 0 aromatic carbocycles. The fourth-order valence-corrected chi connectivity index (χ4v) is 5.70. The number of rotatable bonds is 7. The minimum atomic E-state index is -5.85. The molecule has 0 saturated carbocycles. The molecule has 0 aliphatic heterocycles. The Hall–Kier alpha value is -0.211. The fourth-order valence-electron chi connectivity index (χ4n) is 0.849. The second kappa shape index (κ2) is 7.37. The molecule has 0 radical (unpaired) electrons. The van der Waals surface area contributed by atoms with Crippen LogP contribution < -0.4 is 0 Å². The van der Waals surface area contributed by atoms with Gasteiger partial charge in [-0.3, -0.25) is 0 Å². The van der Waals surface area contributed by atoms with E-state index in [9.17, 15) is 39.5 Å². The summed E-state index contributed by atoms with van der Waals surface area (Å²) in [7, 11) is 0. The van der Waals surface area contributed by atoms with Gasteiger partial charge in [0.05, 0.1) is 0 Å². The van der Waals surface area contributed by atoms with Gasteiger partial charge < -0.3 is 0 Å². The van der Waals surface area contributed by atoms with Crippen LogP contribution in [0.4, 0.5) is 39.5 Å². The van der Waals surface area contributed by atoms with Gasteiger partial charge >= 0.3 is 117 Å². The monoisotopic (exact) mass is 444 g/mol. The molecule has 0 heterocycles. The maximum atomic E-state index is 12.0. The first-order chi connectivity index (χ1) is 9.18. The van der Waals surface area contributed by atoms with Crippen LogP contribution in [0, 0.1) is 0 Å². The van der Waals surface area contributed by atoms with Crippen molar-refractivity contribution in [3.05, 3.63) is 10.7 Å². The molecule has 0 N–H and O–H groups in total. The van der Waals surface area contributed by atoms with Crippen LogP contribution in [0.25, 0.3) is 0 Å². The Labute approximate surface area is 118 Å². The van der Waals surface area contributed by atoms with Crippen LogP contribution in [0.1, 0.15) is 0 Å². The summed E-state index contributed by atoms with van der Waals surface area (Å²) in [5, 5.41) is 0. The average Bonchev–Trinajstić information content (AvgIpc) is 2.25. The Morgan fingerprint density at radius 3 is 1.05 bits per heavy atom. The Morgan fingerprint density at radius 1 is 0.667 bits per heavy atom. The second-order valence-corrected chi connectivity index (χ2v) is 10.6. The van der Waals surface area contributed by atoms with Gasteiger partial charge in [0.15, 0.2) is 0 Å². The summed E-state index contributed by atoms with van der Waals surface area (Å²) in [6, 6.07) is 0. The summed E-state index contributed by atoms with van der Waals surface area (Å²) in [5.74, 6) is 0. The third-order valence-corrected chi connectivity index (χ3v) is 7.67. The van der Waals surface area contributed by atoms with Crippen molar-refractivity contribution in [1.82, 2.24) is 0 Å². The topological polar surface area (TPSA) is 27.7 Å². The molecule has 0 aliphatic carbocycles. The normalized spacial score (nSPS) is 14.3. The SMILES string of the molecule is C=[CH][Sn]([O]CC(F)(F)F)([O]CC(F)(F)F)[O]CC(F)(F)F. The molecule has 0 rings (SSSR count). The molecule has 0 aliphatic rings. The summed E-state index contributed by atoms with van der Waals surface area (Å²) < 4.78 is 120. The zero-order chi connectivity index (χ0) is 16.9. The van der Waals surface area contributed by atoms with E-state index in [1.807, 2.05) is 0 Å². The quantitative estimate of drug-likeness (QED) is 0.447. The van der Waals surface area contributed by atoms with Crippen LogP contribution >= 0.6 is 0 Å². The van der Waals surface area contributed by atoms with Crippen LogP contribution in [0.3, 0.4) is 0 Å². The summed E-state index contributed by atoms with van der Waals surface area (Å²) in [4.78, 5) is 0. The third-order valence-electron chi connectivity index (χ3n) is 1.56. The number of hydrogen-bond acceptors (Lipinski definition) is 3. The van der Waals surface area contributed by atoms with Gasteiger partial charge in [-0.2, -0.15) is 0 Å². The molecule has 0 aromatic heterocycles. The van der Waals surface area contributed by atoms with Crippen molar-refractivity contribution in [2.24, 2.45) is 0 Å². The first-order valence-electron chi connectivity index (χ1n) is 4.94. The number of alkyl halides is 9. The van der Waals surface area contributed by atoms with E-state index in [4.69, 9.17) is 0 Å². The van der Waals surface area contributed by atoms with Gasteiger partial charge in [-0.25, -0.2) is 0 Å². The van der Waals surface area contributed by atoms with Gasteiger partial charge in [0.2, 0.25) is 0 Å². The van der Waals surface area contributed by atoms with Crippen LogP contribution in [-0.2, 0) is 9.22 Å². The molecular weight excluding hydrogens is 434 g/mol. The maximum absolute atomic E-state index is 12.0. The molecule has 13 heteroatoms. The molecule has 0 bridgehead atoms. The molecule has 0 amide bonds. The molecule has 3 nitrogen and oxygen atoms in total. The molecule has 0 fully saturated rings. The van der Waals surface area contributed by atoms with Crippen molar-refractivity contribution in [3.63, 3.8) is 0 Å². The van der Waals surface area contributed by atoms with Crippen LogP contribution in [0.5, 0.6) is 0 Å². The third kappa shape index (κ3) is 11.1. The van der Waals surface area contributed by atoms with Gasteiger partial charge in [0.25, 0.3) is 0 Å². The molecule has 0 atom stereocenters. The summed E-state index contributed by atoms with van der Waals surface area (Å²) in [6.45, 7) is -3.47. The van der Waals surface area contributed by atoms with E-state index in [0.717, 1.165) is 0 Å². The van der Waals surface area contributed by atoms with Crippen LogP contribution in [-0.4, -0.2) is 58.0 Å². The van der Waals surface area contributed by atoms with Crippen LogP contribution in [0.15, 0.2) is 10.7 Å². The molecule has 0 saturated heterocycles. The summed E-state index contributed by atoms with van der Waals surface area (Å²) in [5.41, 5.74) is 0. The molecule has 21 heavy (non-hydrogen) atoms. The first kappa shape index (κ1) is 20.8. The zero-order valence-electron chi connectivity index (χ0n) is 10.0. The average molecular weight is 443 g/mol. The second-order valence-electron chi connectivity index (χ2n) is 3.52. The van der Waals surface area contributed by atoms with Crippen molar-refractivity contribution >= 4 is 19.6 Å². The number of halogens is 9. The molecule has 0 spiro atoms. The van der Waals surface area contributed by atoms with Gasteiger partial charge in [0.1, 0.15) is 0 Å². The Balaban J connectivity index is 4.95. The Bertz CT molecular complexity index is 290. The van der Waals surface area contributed by atoms with Crippen molar-refractivity contribution < 1.29 is 48.7 Å².